The summed E-state index contributed by atoms with van der Waals surface area (Å²) in [4.78, 5) is 32.0. The molecule has 0 saturated carbocycles. The summed E-state index contributed by atoms with van der Waals surface area (Å²) in [7, 11) is 0. The molecule has 1 unspecified atom stereocenters. The molecule has 0 aromatic heterocycles. The second kappa shape index (κ2) is 10.2. The Labute approximate surface area is 202 Å². The molecule has 3 aliphatic rings. The number of nitrogens with zero attached hydrogens (tertiary/aromatic N) is 3. The molecule has 3 aliphatic heterocycles. The van der Waals surface area contributed by atoms with Crippen LogP contribution in [0, 0.1) is 18.7 Å². The molecule has 0 aliphatic carbocycles. The summed E-state index contributed by atoms with van der Waals surface area (Å²) in [5.41, 5.74) is 0.958. The molecule has 2 amide bonds. The standard InChI is InChI=1S/C26H38FN3O4/c1-18-5-6-20(23(27)15-18)21-16-30(19-7-13-33-14-8-19)17-22(21)24(31)28-9-11-29(12-10-28)25(32)34-26(2,3)4/h5-6,15,19,21-22H,7-14,16-17H2,1-4H3/t21-,22?/m0/s1. The summed E-state index contributed by atoms with van der Waals surface area (Å²) < 4.78 is 26.0. The second-order valence-electron chi connectivity index (χ2n) is 10.8. The quantitative estimate of drug-likeness (QED) is 0.671. The monoisotopic (exact) mass is 475 g/mol. The molecule has 3 heterocycles. The van der Waals surface area contributed by atoms with Gasteiger partial charge in [0.2, 0.25) is 5.91 Å². The van der Waals surface area contributed by atoms with E-state index in [-0.39, 0.29) is 29.7 Å². The minimum atomic E-state index is -0.549. The van der Waals surface area contributed by atoms with Crippen molar-refractivity contribution in [3.8, 4) is 0 Å². The minimum absolute atomic E-state index is 0.0587. The number of amides is 2. The normalized spacial score (nSPS) is 25.0. The number of aryl methyl sites for hydroxylation is 1. The van der Waals surface area contributed by atoms with Gasteiger partial charge < -0.3 is 19.3 Å². The molecule has 0 N–H and O–H groups in total. The second-order valence-corrected chi connectivity index (χ2v) is 10.8. The zero-order chi connectivity index (χ0) is 24.5. The summed E-state index contributed by atoms with van der Waals surface area (Å²) in [6.45, 7) is 12.0. The van der Waals surface area contributed by atoms with Gasteiger partial charge in [0.25, 0.3) is 0 Å². The molecule has 0 spiro atoms. The number of hydrogen-bond acceptors (Lipinski definition) is 5. The van der Waals surface area contributed by atoms with Gasteiger partial charge in [-0.3, -0.25) is 9.69 Å². The van der Waals surface area contributed by atoms with E-state index >= 15 is 4.39 Å². The predicted octanol–water partition coefficient (Wildman–Crippen LogP) is 3.41. The van der Waals surface area contributed by atoms with Gasteiger partial charge in [-0.25, -0.2) is 9.18 Å². The molecular formula is C26H38FN3O4. The lowest BCUT2D eigenvalue weighted by Crippen LogP contribution is -2.53. The Kier molecular flexibility index (Phi) is 7.48. The van der Waals surface area contributed by atoms with Gasteiger partial charge >= 0.3 is 6.09 Å². The number of benzene rings is 1. The van der Waals surface area contributed by atoms with E-state index in [1.165, 1.54) is 0 Å². The van der Waals surface area contributed by atoms with Crippen LogP contribution in [0.25, 0.3) is 0 Å². The lowest BCUT2D eigenvalue weighted by molar-refractivity contribution is -0.137. The molecule has 34 heavy (non-hydrogen) atoms. The van der Waals surface area contributed by atoms with E-state index in [1.54, 1.807) is 11.0 Å². The number of piperazine rings is 1. The van der Waals surface area contributed by atoms with E-state index in [4.69, 9.17) is 9.47 Å². The van der Waals surface area contributed by atoms with Crippen molar-refractivity contribution < 1.29 is 23.5 Å². The number of carbonyl (C=O) groups excluding carboxylic acids is 2. The zero-order valence-electron chi connectivity index (χ0n) is 20.9. The average molecular weight is 476 g/mol. The molecule has 7 nitrogen and oxygen atoms in total. The van der Waals surface area contributed by atoms with Gasteiger partial charge in [-0.15, -0.1) is 0 Å². The van der Waals surface area contributed by atoms with Crippen LogP contribution in [0.15, 0.2) is 18.2 Å². The average Bonchev–Trinajstić information content (AvgIpc) is 3.23. The van der Waals surface area contributed by atoms with Crippen LogP contribution in [0.2, 0.25) is 0 Å². The third-order valence-electron chi connectivity index (χ3n) is 7.17. The molecule has 1 aromatic rings. The first-order chi connectivity index (χ1) is 16.1. The largest absolute Gasteiger partial charge is 0.444 e. The fourth-order valence-electron chi connectivity index (χ4n) is 5.35. The van der Waals surface area contributed by atoms with Crippen molar-refractivity contribution in [3.05, 3.63) is 35.1 Å². The summed E-state index contributed by atoms with van der Waals surface area (Å²) in [5, 5.41) is 0. The van der Waals surface area contributed by atoms with E-state index in [2.05, 4.69) is 4.90 Å². The molecular weight excluding hydrogens is 437 g/mol. The number of ether oxygens (including phenoxy) is 2. The first-order valence-corrected chi connectivity index (χ1v) is 12.5. The third kappa shape index (κ3) is 5.71. The Hall–Kier alpha value is -2.19. The number of hydrogen-bond donors (Lipinski definition) is 0. The first-order valence-electron chi connectivity index (χ1n) is 12.5. The highest BCUT2D eigenvalue weighted by atomic mass is 19.1. The fourth-order valence-corrected chi connectivity index (χ4v) is 5.35. The van der Waals surface area contributed by atoms with Crippen LogP contribution < -0.4 is 0 Å². The molecule has 3 saturated heterocycles. The topological polar surface area (TPSA) is 62.3 Å². The Morgan fingerprint density at radius 1 is 1.03 bits per heavy atom. The minimum Gasteiger partial charge on any atom is -0.444 e. The Balaban J connectivity index is 1.47. The molecule has 8 heteroatoms. The van der Waals surface area contributed by atoms with Crippen LogP contribution in [-0.4, -0.2) is 90.8 Å². The Bertz CT molecular complexity index is 889. The maximum atomic E-state index is 15.0. The summed E-state index contributed by atoms with van der Waals surface area (Å²) in [6, 6.07) is 5.71. The van der Waals surface area contributed by atoms with Crippen molar-refractivity contribution in [2.24, 2.45) is 5.92 Å². The lowest BCUT2D eigenvalue weighted by atomic mass is 9.87. The lowest BCUT2D eigenvalue weighted by Gasteiger charge is -2.37. The Morgan fingerprint density at radius 3 is 2.29 bits per heavy atom. The van der Waals surface area contributed by atoms with Crippen LogP contribution in [0.3, 0.4) is 0 Å². The Morgan fingerprint density at radius 2 is 1.68 bits per heavy atom. The van der Waals surface area contributed by atoms with E-state index in [0.717, 1.165) is 31.6 Å². The summed E-state index contributed by atoms with van der Waals surface area (Å²) in [6.07, 6.45) is 1.54. The smallest absolute Gasteiger partial charge is 0.410 e. The molecule has 3 fully saturated rings. The van der Waals surface area contributed by atoms with E-state index < -0.39 is 5.60 Å². The van der Waals surface area contributed by atoms with Crippen molar-refractivity contribution in [1.82, 2.24) is 14.7 Å². The zero-order valence-corrected chi connectivity index (χ0v) is 20.9. The highest BCUT2D eigenvalue weighted by Gasteiger charge is 2.44. The van der Waals surface area contributed by atoms with Crippen LogP contribution in [0.1, 0.15) is 50.7 Å². The van der Waals surface area contributed by atoms with Crippen molar-refractivity contribution in [2.45, 2.75) is 58.1 Å². The van der Waals surface area contributed by atoms with Gasteiger partial charge in [0.1, 0.15) is 11.4 Å². The van der Waals surface area contributed by atoms with Crippen molar-refractivity contribution in [1.29, 1.82) is 0 Å². The first kappa shape index (κ1) is 24.9. The van der Waals surface area contributed by atoms with Gasteiger partial charge in [-0.2, -0.15) is 0 Å². The van der Waals surface area contributed by atoms with Gasteiger partial charge in [0.15, 0.2) is 0 Å². The van der Waals surface area contributed by atoms with E-state index in [1.807, 2.05) is 44.7 Å². The number of rotatable bonds is 3. The molecule has 0 bridgehead atoms. The van der Waals surface area contributed by atoms with Crippen molar-refractivity contribution >= 4 is 12.0 Å². The summed E-state index contributed by atoms with van der Waals surface area (Å²) in [5.74, 6) is -0.650. The van der Waals surface area contributed by atoms with Gasteiger partial charge in [-0.05, 0) is 57.7 Å². The third-order valence-corrected chi connectivity index (χ3v) is 7.17. The highest BCUT2D eigenvalue weighted by molar-refractivity contribution is 5.81. The van der Waals surface area contributed by atoms with Gasteiger partial charge in [0.05, 0.1) is 5.92 Å². The van der Waals surface area contributed by atoms with Gasteiger partial charge in [0, 0.05) is 64.4 Å². The van der Waals surface area contributed by atoms with Gasteiger partial charge in [-0.1, -0.05) is 12.1 Å². The van der Waals surface area contributed by atoms with Crippen LogP contribution in [0.5, 0.6) is 0 Å². The molecule has 2 atom stereocenters. The van der Waals surface area contributed by atoms with E-state index in [9.17, 15) is 9.59 Å². The predicted molar refractivity (Wildman–Crippen MR) is 127 cm³/mol. The maximum absolute atomic E-state index is 15.0. The highest BCUT2D eigenvalue weighted by Crippen LogP contribution is 2.38. The maximum Gasteiger partial charge on any atom is 0.410 e. The van der Waals surface area contributed by atoms with Crippen molar-refractivity contribution in [2.75, 3.05) is 52.5 Å². The number of halogens is 1. The molecule has 0 radical (unpaired) electrons. The fraction of sp³-hybridized carbons (Fsp3) is 0.692. The van der Waals surface area contributed by atoms with Crippen LogP contribution in [0.4, 0.5) is 9.18 Å². The van der Waals surface area contributed by atoms with Crippen molar-refractivity contribution in [3.63, 3.8) is 0 Å². The summed E-state index contributed by atoms with van der Waals surface area (Å²) >= 11 is 0. The van der Waals surface area contributed by atoms with E-state index in [0.29, 0.717) is 50.9 Å². The number of likely N-dealkylation sites (tertiary alicyclic amines) is 1. The number of carbonyl (C=O) groups is 2. The molecule has 4 rings (SSSR count). The SMILES string of the molecule is Cc1ccc([C@@H]2CN(C3CCOCC3)CC2C(=O)N2CCN(C(=O)OC(C)(C)C)CC2)c(F)c1. The molecule has 188 valence electrons. The van der Waals surface area contributed by atoms with Crippen LogP contribution in [-0.2, 0) is 14.3 Å². The van der Waals surface area contributed by atoms with Crippen LogP contribution >= 0.6 is 0 Å². The molecule has 1 aromatic carbocycles.